The van der Waals surface area contributed by atoms with E-state index >= 15 is 0 Å². The summed E-state index contributed by atoms with van der Waals surface area (Å²) in [6.07, 6.45) is 9.49. The van der Waals surface area contributed by atoms with Gasteiger partial charge in [-0.2, -0.15) is 0 Å². The topological polar surface area (TPSA) is 57.7 Å². The minimum atomic E-state index is -0.499. The number of nitrogens with zero attached hydrogens (tertiary/aromatic N) is 1. The number of ketones is 1. The van der Waals surface area contributed by atoms with Crippen molar-refractivity contribution in [1.29, 1.82) is 0 Å². The molecule has 3 aliphatic rings. The predicted octanol–water partition coefficient (Wildman–Crippen LogP) is 5.08. The Bertz CT molecular complexity index is 815. The van der Waals surface area contributed by atoms with Crippen molar-refractivity contribution in [2.45, 2.75) is 78.4 Å². The molecule has 1 aromatic heterocycles. The summed E-state index contributed by atoms with van der Waals surface area (Å²) in [5, 5.41) is 0. The predicted molar refractivity (Wildman–Crippen MR) is 124 cm³/mol. The van der Waals surface area contributed by atoms with Crippen molar-refractivity contribution >= 4 is 5.78 Å². The van der Waals surface area contributed by atoms with Gasteiger partial charge in [0.15, 0.2) is 0 Å². The monoisotopic (exact) mass is 443 g/mol. The van der Waals surface area contributed by atoms with Crippen LogP contribution in [0.4, 0.5) is 0 Å². The molecule has 1 aromatic rings. The van der Waals surface area contributed by atoms with Gasteiger partial charge in [0.2, 0.25) is 0 Å². The molecule has 2 bridgehead atoms. The Labute approximate surface area is 193 Å². The van der Waals surface area contributed by atoms with E-state index in [-0.39, 0.29) is 35.7 Å². The molecule has 4 rings (SSSR count). The van der Waals surface area contributed by atoms with Crippen molar-refractivity contribution < 1.29 is 19.0 Å². The highest BCUT2D eigenvalue weighted by molar-refractivity contribution is 5.88. The van der Waals surface area contributed by atoms with Gasteiger partial charge in [0.1, 0.15) is 12.6 Å². The first-order valence-electron chi connectivity index (χ1n) is 12.3. The second-order valence-electron chi connectivity index (χ2n) is 11.3. The number of methoxy groups -OCH3 is 2. The lowest BCUT2D eigenvalue weighted by atomic mass is 9.43. The first-order valence-corrected chi connectivity index (χ1v) is 12.3. The molecule has 32 heavy (non-hydrogen) atoms. The molecule has 3 saturated carbocycles. The molecular formula is C27H41NO4. The van der Waals surface area contributed by atoms with Crippen molar-refractivity contribution in [2.75, 3.05) is 21.0 Å². The highest BCUT2D eigenvalue weighted by Gasteiger charge is 2.68. The van der Waals surface area contributed by atoms with E-state index in [2.05, 4.69) is 32.7 Å². The average molecular weight is 444 g/mol. The van der Waals surface area contributed by atoms with E-state index in [0.29, 0.717) is 30.5 Å². The Balaban J connectivity index is 1.84. The van der Waals surface area contributed by atoms with Crippen LogP contribution in [0.1, 0.15) is 65.4 Å². The number of pyridine rings is 1. The standard InChI is InChI=1S/C27H41NO4/c1-18-7-11-27-12-8-21(31-6)23(27)26(18,4)22(32-17-30-5)16-25(3,24(29)19(27)2)15-20-9-13-28-14-10-20/h9-10,13-14,18-19,21-23H,7-8,11-12,15-17H2,1-6H3/t18-,19+,21?,22-,23?,25-,26+,27?/m1/s1. The second kappa shape index (κ2) is 8.81. The summed E-state index contributed by atoms with van der Waals surface area (Å²) in [4.78, 5) is 18.5. The van der Waals surface area contributed by atoms with E-state index < -0.39 is 5.41 Å². The maximum absolute atomic E-state index is 14.3. The van der Waals surface area contributed by atoms with Gasteiger partial charge in [-0.25, -0.2) is 0 Å². The van der Waals surface area contributed by atoms with Crippen LogP contribution < -0.4 is 0 Å². The van der Waals surface area contributed by atoms with Gasteiger partial charge in [-0.05, 0) is 73.5 Å². The average Bonchev–Trinajstić information content (AvgIpc) is 3.19. The summed E-state index contributed by atoms with van der Waals surface area (Å²) >= 11 is 0. The SMILES string of the molecule is COCO[C@@H]1C[C@@](C)(Cc2ccncc2)C(=O)[C@H](C)C23CCC(OC)C2[C@@]1(C)[C@H](C)CC3. The summed E-state index contributed by atoms with van der Waals surface area (Å²) in [6, 6.07) is 4.07. The normalized spacial score (nSPS) is 44.1. The quantitative estimate of drug-likeness (QED) is 0.574. The first kappa shape index (κ1) is 23.8. The van der Waals surface area contributed by atoms with Crippen LogP contribution in [-0.4, -0.2) is 44.0 Å². The number of carbonyl (C=O) groups excluding carboxylic acids is 1. The number of ether oxygens (including phenoxy) is 3. The molecule has 0 aliphatic heterocycles. The molecule has 5 heteroatoms. The fraction of sp³-hybridized carbons (Fsp3) is 0.778. The van der Waals surface area contributed by atoms with Crippen LogP contribution in [0.5, 0.6) is 0 Å². The van der Waals surface area contributed by atoms with Crippen LogP contribution in [0.15, 0.2) is 24.5 Å². The molecule has 0 spiro atoms. The molecule has 0 N–H and O–H groups in total. The lowest BCUT2D eigenvalue weighted by molar-refractivity contribution is -0.219. The lowest BCUT2D eigenvalue weighted by Gasteiger charge is -2.62. The molecule has 8 atom stereocenters. The van der Waals surface area contributed by atoms with E-state index in [4.69, 9.17) is 14.2 Å². The van der Waals surface area contributed by atoms with Crippen LogP contribution in [0.3, 0.4) is 0 Å². The van der Waals surface area contributed by atoms with Crippen molar-refractivity contribution in [3.63, 3.8) is 0 Å². The number of aromatic nitrogens is 1. The van der Waals surface area contributed by atoms with Crippen LogP contribution in [0.2, 0.25) is 0 Å². The molecule has 0 amide bonds. The zero-order valence-electron chi connectivity index (χ0n) is 20.7. The van der Waals surface area contributed by atoms with Crippen molar-refractivity contribution in [2.24, 2.45) is 34.0 Å². The summed E-state index contributed by atoms with van der Waals surface area (Å²) in [5.74, 6) is 1.20. The van der Waals surface area contributed by atoms with Gasteiger partial charge in [0.25, 0.3) is 0 Å². The maximum Gasteiger partial charge on any atom is 0.146 e. The molecule has 5 nitrogen and oxygen atoms in total. The Hall–Kier alpha value is -1.30. The van der Waals surface area contributed by atoms with Gasteiger partial charge in [-0.1, -0.05) is 27.7 Å². The van der Waals surface area contributed by atoms with Crippen LogP contribution in [-0.2, 0) is 25.4 Å². The number of rotatable bonds is 6. The smallest absolute Gasteiger partial charge is 0.146 e. The summed E-state index contributed by atoms with van der Waals surface area (Å²) in [5.41, 5.74) is 0.559. The molecule has 0 saturated heterocycles. The molecule has 0 aromatic carbocycles. The molecule has 3 unspecified atom stereocenters. The summed E-state index contributed by atoms with van der Waals surface area (Å²) in [6.45, 7) is 9.43. The molecular weight excluding hydrogens is 402 g/mol. The minimum absolute atomic E-state index is 0.00897. The Morgan fingerprint density at radius 2 is 1.78 bits per heavy atom. The third-order valence-electron chi connectivity index (χ3n) is 9.87. The van der Waals surface area contributed by atoms with Gasteiger partial charge < -0.3 is 14.2 Å². The van der Waals surface area contributed by atoms with Gasteiger partial charge in [0, 0.05) is 43.4 Å². The van der Waals surface area contributed by atoms with Gasteiger partial charge in [-0.15, -0.1) is 0 Å². The van der Waals surface area contributed by atoms with Crippen LogP contribution >= 0.6 is 0 Å². The maximum atomic E-state index is 14.3. The molecule has 178 valence electrons. The zero-order chi connectivity index (χ0) is 23.1. The van der Waals surface area contributed by atoms with Crippen molar-refractivity contribution in [3.8, 4) is 0 Å². The van der Waals surface area contributed by atoms with E-state index in [1.54, 1.807) is 7.11 Å². The van der Waals surface area contributed by atoms with Crippen molar-refractivity contribution in [1.82, 2.24) is 4.98 Å². The highest BCUT2D eigenvalue weighted by Crippen LogP contribution is 2.68. The summed E-state index contributed by atoms with van der Waals surface area (Å²) < 4.78 is 18.0. The molecule has 3 aliphatic carbocycles. The van der Waals surface area contributed by atoms with Crippen LogP contribution in [0, 0.1) is 34.0 Å². The number of carbonyl (C=O) groups is 1. The molecule has 1 heterocycles. The van der Waals surface area contributed by atoms with Gasteiger partial charge >= 0.3 is 0 Å². The Morgan fingerprint density at radius 3 is 2.44 bits per heavy atom. The molecule has 3 fully saturated rings. The third-order valence-corrected chi connectivity index (χ3v) is 9.87. The fourth-order valence-corrected chi connectivity index (χ4v) is 7.99. The molecule has 0 radical (unpaired) electrons. The van der Waals surface area contributed by atoms with Crippen molar-refractivity contribution in [3.05, 3.63) is 30.1 Å². The fourth-order valence-electron chi connectivity index (χ4n) is 7.99. The number of hydrogen-bond acceptors (Lipinski definition) is 5. The third kappa shape index (κ3) is 3.56. The summed E-state index contributed by atoms with van der Waals surface area (Å²) in [7, 11) is 3.52. The minimum Gasteiger partial charge on any atom is -0.381 e. The van der Waals surface area contributed by atoms with E-state index in [1.807, 2.05) is 31.6 Å². The lowest BCUT2D eigenvalue weighted by Crippen LogP contribution is -2.63. The first-order chi connectivity index (χ1) is 15.2. The number of Topliss-reactive ketones (excluding diaryl/α,β-unsaturated/α-hetero) is 1. The van der Waals surface area contributed by atoms with Gasteiger partial charge in [0.05, 0.1) is 12.2 Å². The van der Waals surface area contributed by atoms with E-state index in [9.17, 15) is 4.79 Å². The second-order valence-corrected chi connectivity index (χ2v) is 11.3. The van der Waals surface area contributed by atoms with E-state index in [1.165, 1.54) is 0 Å². The largest absolute Gasteiger partial charge is 0.381 e. The number of hydrogen-bond donors (Lipinski definition) is 0. The Kier molecular flexibility index (Phi) is 6.56. The zero-order valence-corrected chi connectivity index (χ0v) is 20.7. The van der Waals surface area contributed by atoms with Gasteiger partial charge in [-0.3, -0.25) is 9.78 Å². The Morgan fingerprint density at radius 1 is 1.09 bits per heavy atom. The van der Waals surface area contributed by atoms with E-state index in [0.717, 1.165) is 31.2 Å². The van der Waals surface area contributed by atoms with Crippen LogP contribution in [0.25, 0.3) is 0 Å². The highest BCUT2D eigenvalue weighted by atomic mass is 16.7.